The van der Waals surface area contributed by atoms with Crippen LogP contribution in [0.3, 0.4) is 0 Å². The van der Waals surface area contributed by atoms with E-state index in [9.17, 15) is 0 Å². The van der Waals surface area contributed by atoms with Crippen molar-refractivity contribution in [3.8, 4) is 0 Å². The molecular weight excluding hydrogens is 336 g/mol. The Kier molecular flexibility index (Phi) is 5.69. The van der Waals surface area contributed by atoms with E-state index in [1.54, 1.807) is 0 Å². The Morgan fingerprint density at radius 1 is 1.00 bits per heavy atom. The Morgan fingerprint density at radius 2 is 1.47 bits per heavy atom. The molecule has 0 saturated carbocycles. The van der Waals surface area contributed by atoms with Gasteiger partial charge in [-0.1, -0.05) is 0 Å². The first kappa shape index (κ1) is 14.8. The average Bonchev–Trinajstić information content (AvgIpc) is 2.49. The van der Waals surface area contributed by atoms with Crippen molar-refractivity contribution in [3.05, 3.63) is 73.3 Å². The van der Waals surface area contributed by atoms with Crippen LogP contribution in [-0.2, 0) is 0 Å². The third-order valence-corrected chi connectivity index (χ3v) is 13.6. The van der Waals surface area contributed by atoms with Gasteiger partial charge in [0, 0.05) is 0 Å². The summed E-state index contributed by atoms with van der Waals surface area (Å²) in [6.45, 7) is 4.73. The summed E-state index contributed by atoms with van der Waals surface area (Å²) in [5.41, 5.74) is 0. The second-order valence-corrected chi connectivity index (χ2v) is 15.0. The fraction of sp³-hybridized carbons (Fsp3) is 0.0667. The summed E-state index contributed by atoms with van der Waals surface area (Å²) in [5.74, 6) is 0. The van der Waals surface area contributed by atoms with Crippen molar-refractivity contribution in [2.75, 3.05) is 6.54 Å². The van der Waals surface area contributed by atoms with Gasteiger partial charge in [-0.25, -0.2) is 0 Å². The summed E-state index contributed by atoms with van der Waals surface area (Å²) < 4.78 is 2.32. The fourth-order valence-corrected chi connectivity index (χ4v) is 10.6. The van der Waals surface area contributed by atoms with Gasteiger partial charge in [0.25, 0.3) is 0 Å². The topological polar surface area (TPSA) is 16.6 Å². The van der Waals surface area contributed by atoms with Crippen LogP contribution in [-0.4, -0.2) is 21.3 Å². The van der Waals surface area contributed by atoms with Crippen LogP contribution in [0.1, 0.15) is 0 Å². The van der Waals surface area contributed by atoms with Crippen LogP contribution in [0.2, 0.25) is 0 Å². The van der Waals surface area contributed by atoms with Gasteiger partial charge >= 0.3 is 127 Å². The molecule has 0 atom stereocenters. The summed E-state index contributed by atoms with van der Waals surface area (Å²) in [5, 5.41) is 0.971. The van der Waals surface area contributed by atoms with Gasteiger partial charge in [0.2, 0.25) is 0 Å². The molecular formula is C15H17NPSSe+2. The molecule has 0 bridgehead atoms. The van der Waals surface area contributed by atoms with E-state index in [1.807, 2.05) is 6.08 Å². The van der Waals surface area contributed by atoms with Crippen molar-refractivity contribution >= 4 is 42.7 Å². The second-order valence-electron chi connectivity index (χ2n) is 4.02. The van der Waals surface area contributed by atoms with Crippen molar-refractivity contribution in [2.45, 2.75) is 0 Å². The molecule has 0 aliphatic rings. The summed E-state index contributed by atoms with van der Waals surface area (Å²) in [4.78, 5) is 0. The zero-order valence-corrected chi connectivity index (χ0v) is 14.0. The maximum atomic E-state index is 6.12. The molecule has 2 aromatic carbocycles. The molecule has 1 nitrogen and oxygen atoms in total. The van der Waals surface area contributed by atoms with Crippen molar-refractivity contribution in [3.63, 3.8) is 0 Å². The van der Waals surface area contributed by atoms with Crippen LogP contribution in [0.25, 0.3) is 0 Å². The van der Waals surface area contributed by atoms with E-state index in [4.69, 9.17) is 12.2 Å². The molecule has 2 N–H and O–H groups in total. The third kappa shape index (κ3) is 3.72. The normalized spacial score (nSPS) is 11.2. The van der Waals surface area contributed by atoms with E-state index < -0.39 is 5.15 Å². The van der Waals surface area contributed by atoms with Crippen molar-refractivity contribution < 1.29 is 4.33 Å². The molecule has 19 heavy (non-hydrogen) atoms. The van der Waals surface area contributed by atoms with Crippen LogP contribution in [0.4, 0.5) is 0 Å². The predicted molar refractivity (Wildman–Crippen MR) is 89.4 cm³/mol. The molecule has 2 rings (SSSR count). The summed E-state index contributed by atoms with van der Waals surface area (Å²) in [6.07, 6.45) is 1.94. The monoisotopic (exact) mass is 354 g/mol. The van der Waals surface area contributed by atoms with E-state index in [-0.39, 0.29) is 0 Å². The van der Waals surface area contributed by atoms with Crippen LogP contribution in [0.15, 0.2) is 73.3 Å². The number of hydrogen-bond donors (Lipinski definition) is 1. The van der Waals surface area contributed by atoms with Gasteiger partial charge < -0.3 is 0 Å². The maximum absolute atomic E-state index is 6.12. The minimum atomic E-state index is -1.66. The molecule has 0 aromatic heterocycles. The van der Waals surface area contributed by atoms with Crippen LogP contribution >= 0.6 is 17.4 Å². The van der Waals surface area contributed by atoms with Crippen molar-refractivity contribution in [2.24, 2.45) is 0 Å². The first-order valence-corrected chi connectivity index (χ1v) is 12.1. The van der Waals surface area contributed by atoms with E-state index in [2.05, 4.69) is 71.6 Å². The van der Waals surface area contributed by atoms with Gasteiger partial charge in [-0.15, -0.1) is 0 Å². The first-order chi connectivity index (χ1) is 9.27. The van der Waals surface area contributed by atoms with Gasteiger partial charge in [0.1, 0.15) is 0 Å². The molecule has 0 aliphatic heterocycles. The number of rotatable bonds is 6. The Labute approximate surface area is 127 Å². The quantitative estimate of drug-likeness (QED) is 0.354. The summed E-state index contributed by atoms with van der Waals surface area (Å²) >= 11 is 6.44. The molecule has 0 unspecified atom stereocenters. The standard InChI is InChI=1S/C15H16NPSSe/c1-2-13-16-19-17(18,14-9-5-3-6-10-14)15-11-7-4-8-12-15/h2-12,16H,1,13H2/q+1/p+1. The Balaban J connectivity index is 2.35. The Morgan fingerprint density at radius 3 is 1.89 bits per heavy atom. The molecule has 4 heteroatoms. The van der Waals surface area contributed by atoms with E-state index in [0.717, 1.165) is 6.54 Å². The van der Waals surface area contributed by atoms with E-state index in [0.29, 0.717) is 14.7 Å². The molecule has 0 spiro atoms. The molecule has 0 heterocycles. The molecule has 97 valence electrons. The number of hydrogen-bond acceptors (Lipinski definition) is 0. The number of quaternary nitrogens is 1. The molecule has 0 amide bonds. The molecule has 0 saturated heterocycles. The molecule has 0 fully saturated rings. The molecule has 0 aliphatic carbocycles. The van der Waals surface area contributed by atoms with E-state index >= 15 is 0 Å². The number of benzene rings is 2. The zero-order valence-electron chi connectivity index (χ0n) is 10.6. The fourth-order valence-electron chi connectivity index (χ4n) is 1.74. The minimum absolute atomic E-state index is 0.319. The van der Waals surface area contributed by atoms with Crippen LogP contribution in [0.5, 0.6) is 0 Å². The molecule has 1 radical (unpaired) electrons. The first-order valence-electron chi connectivity index (χ1n) is 6.09. The molecule has 2 aromatic rings. The van der Waals surface area contributed by atoms with Crippen LogP contribution < -0.4 is 14.9 Å². The predicted octanol–water partition coefficient (Wildman–Crippen LogP) is 2.05. The average molecular weight is 353 g/mol. The van der Waals surface area contributed by atoms with Crippen LogP contribution in [0, 0.1) is 0 Å². The van der Waals surface area contributed by atoms with E-state index in [1.165, 1.54) is 10.6 Å². The van der Waals surface area contributed by atoms with Gasteiger partial charge in [-0.05, 0) is 0 Å². The van der Waals surface area contributed by atoms with Gasteiger partial charge in [0.15, 0.2) is 0 Å². The third-order valence-electron chi connectivity index (χ3n) is 2.68. The zero-order chi connectivity index (χ0) is 13.6. The van der Waals surface area contributed by atoms with Crippen molar-refractivity contribution in [1.82, 2.24) is 0 Å². The van der Waals surface area contributed by atoms with Gasteiger partial charge in [-0.3, -0.25) is 0 Å². The van der Waals surface area contributed by atoms with Gasteiger partial charge in [0.05, 0.1) is 0 Å². The SMILES string of the molecule is C=CC[NH2+][Se][P+]([S])(c1ccccc1)c1ccccc1. The van der Waals surface area contributed by atoms with Crippen molar-refractivity contribution in [1.29, 1.82) is 0 Å². The number of nitrogens with two attached hydrogens (primary N) is 1. The summed E-state index contributed by atoms with van der Waals surface area (Å²) in [6, 6.07) is 21.2. The Bertz CT molecular complexity index is 479. The second kappa shape index (κ2) is 7.28. The Hall–Kier alpha value is -0.561. The summed E-state index contributed by atoms with van der Waals surface area (Å²) in [7, 11) is 0. The van der Waals surface area contributed by atoms with Gasteiger partial charge in [-0.2, -0.15) is 0 Å².